The minimum atomic E-state index is 0.189. The van der Waals surface area contributed by atoms with Crippen LogP contribution in [0.25, 0.3) is 0 Å². The minimum Gasteiger partial charge on any atom is -0.379 e. The van der Waals surface area contributed by atoms with Gasteiger partial charge in [-0.3, -0.25) is 0 Å². The predicted molar refractivity (Wildman–Crippen MR) is 84.1 cm³/mol. The van der Waals surface area contributed by atoms with Crippen molar-refractivity contribution < 1.29 is 9.47 Å². The molecule has 0 radical (unpaired) electrons. The molecule has 20 heavy (non-hydrogen) atoms. The summed E-state index contributed by atoms with van der Waals surface area (Å²) in [5, 5.41) is 3.50. The Hall–Kier alpha value is -0.900. The van der Waals surface area contributed by atoms with E-state index in [-0.39, 0.29) is 5.54 Å². The lowest BCUT2D eigenvalue weighted by molar-refractivity contribution is 0.0453. The fourth-order valence-corrected chi connectivity index (χ4v) is 1.84. The Balaban J connectivity index is 2.22. The van der Waals surface area contributed by atoms with Gasteiger partial charge in [0.25, 0.3) is 0 Å². The van der Waals surface area contributed by atoms with Gasteiger partial charge in [-0.05, 0) is 51.8 Å². The largest absolute Gasteiger partial charge is 0.379 e. The molecule has 0 aliphatic heterocycles. The highest BCUT2D eigenvalue weighted by molar-refractivity contribution is 5.22. The molecule has 0 aliphatic rings. The van der Waals surface area contributed by atoms with E-state index in [1.54, 1.807) is 0 Å². The Morgan fingerprint density at radius 1 is 0.950 bits per heavy atom. The summed E-state index contributed by atoms with van der Waals surface area (Å²) < 4.78 is 10.8. The summed E-state index contributed by atoms with van der Waals surface area (Å²) >= 11 is 0. The Kier molecular flexibility index (Phi) is 7.82. The third-order valence-corrected chi connectivity index (χ3v) is 2.94. The second-order valence-electron chi connectivity index (χ2n) is 5.99. The average Bonchev–Trinajstić information content (AvgIpc) is 2.39. The van der Waals surface area contributed by atoms with Crippen molar-refractivity contribution >= 4 is 0 Å². The van der Waals surface area contributed by atoms with E-state index in [4.69, 9.17) is 9.47 Å². The van der Waals surface area contributed by atoms with E-state index in [0.717, 1.165) is 19.6 Å². The summed E-state index contributed by atoms with van der Waals surface area (Å²) in [6.45, 7) is 12.3. The van der Waals surface area contributed by atoms with Crippen molar-refractivity contribution in [2.24, 2.45) is 0 Å². The molecule has 0 saturated heterocycles. The zero-order valence-electron chi connectivity index (χ0n) is 13.4. The van der Waals surface area contributed by atoms with Gasteiger partial charge in [-0.2, -0.15) is 0 Å². The first-order valence-corrected chi connectivity index (χ1v) is 7.49. The zero-order valence-corrected chi connectivity index (χ0v) is 13.4. The van der Waals surface area contributed by atoms with Crippen LogP contribution in [0.2, 0.25) is 0 Å². The van der Waals surface area contributed by atoms with Gasteiger partial charge in [0.05, 0.1) is 19.8 Å². The molecule has 3 nitrogen and oxygen atoms in total. The zero-order chi connectivity index (χ0) is 14.8. The standard InChI is InChI=1S/C17H29NO2/c1-5-19-12-13-20-14-16-8-6-15(7-9-16)10-11-18-17(2,3)4/h6-9,18H,5,10-14H2,1-4H3. The van der Waals surface area contributed by atoms with Crippen LogP contribution in [0.3, 0.4) is 0 Å². The van der Waals surface area contributed by atoms with E-state index >= 15 is 0 Å². The molecule has 114 valence electrons. The van der Waals surface area contributed by atoms with Crippen molar-refractivity contribution in [2.75, 3.05) is 26.4 Å². The van der Waals surface area contributed by atoms with E-state index < -0.39 is 0 Å². The summed E-state index contributed by atoms with van der Waals surface area (Å²) in [4.78, 5) is 0. The lowest BCUT2D eigenvalue weighted by Crippen LogP contribution is -2.37. The van der Waals surface area contributed by atoms with Gasteiger partial charge in [-0.1, -0.05) is 24.3 Å². The third kappa shape index (κ3) is 8.31. The lowest BCUT2D eigenvalue weighted by Gasteiger charge is -2.20. The number of hydrogen-bond acceptors (Lipinski definition) is 3. The molecule has 1 aromatic carbocycles. The van der Waals surface area contributed by atoms with Gasteiger partial charge in [0.2, 0.25) is 0 Å². The molecule has 1 N–H and O–H groups in total. The van der Waals surface area contributed by atoms with E-state index in [1.165, 1.54) is 11.1 Å². The van der Waals surface area contributed by atoms with Crippen LogP contribution >= 0.6 is 0 Å². The number of benzene rings is 1. The van der Waals surface area contributed by atoms with E-state index in [2.05, 4.69) is 50.4 Å². The maximum absolute atomic E-state index is 5.55. The van der Waals surface area contributed by atoms with Crippen LogP contribution in [0, 0.1) is 0 Å². The molecular formula is C17H29NO2. The van der Waals surface area contributed by atoms with Gasteiger partial charge < -0.3 is 14.8 Å². The van der Waals surface area contributed by atoms with Crippen molar-refractivity contribution in [3.63, 3.8) is 0 Å². The van der Waals surface area contributed by atoms with Crippen LogP contribution in [0.5, 0.6) is 0 Å². The first-order chi connectivity index (χ1) is 9.51. The Labute approximate surface area is 123 Å². The maximum Gasteiger partial charge on any atom is 0.0718 e. The molecule has 3 heteroatoms. The number of hydrogen-bond donors (Lipinski definition) is 1. The highest BCUT2D eigenvalue weighted by Crippen LogP contribution is 2.07. The Morgan fingerprint density at radius 2 is 1.55 bits per heavy atom. The van der Waals surface area contributed by atoms with E-state index in [1.807, 2.05) is 6.92 Å². The SMILES string of the molecule is CCOCCOCc1ccc(CCNC(C)(C)C)cc1. The molecule has 0 aromatic heterocycles. The van der Waals surface area contributed by atoms with Crippen LogP contribution in [0.4, 0.5) is 0 Å². The van der Waals surface area contributed by atoms with Gasteiger partial charge in [0.1, 0.15) is 0 Å². The van der Waals surface area contributed by atoms with Gasteiger partial charge in [-0.25, -0.2) is 0 Å². The fraction of sp³-hybridized carbons (Fsp3) is 0.647. The van der Waals surface area contributed by atoms with Crippen molar-refractivity contribution in [1.29, 1.82) is 0 Å². The van der Waals surface area contributed by atoms with E-state index in [0.29, 0.717) is 19.8 Å². The number of nitrogens with one attached hydrogen (secondary N) is 1. The number of rotatable bonds is 9. The fourth-order valence-electron chi connectivity index (χ4n) is 1.84. The van der Waals surface area contributed by atoms with Crippen molar-refractivity contribution in [3.05, 3.63) is 35.4 Å². The summed E-state index contributed by atoms with van der Waals surface area (Å²) in [7, 11) is 0. The van der Waals surface area contributed by atoms with Gasteiger partial charge in [0.15, 0.2) is 0 Å². The molecule has 0 bridgehead atoms. The molecule has 0 atom stereocenters. The monoisotopic (exact) mass is 279 g/mol. The first kappa shape index (κ1) is 17.2. The summed E-state index contributed by atoms with van der Waals surface area (Å²) in [5.41, 5.74) is 2.77. The molecule has 0 aliphatic carbocycles. The molecule has 0 heterocycles. The normalized spacial score (nSPS) is 11.8. The summed E-state index contributed by atoms with van der Waals surface area (Å²) in [6.07, 6.45) is 1.06. The third-order valence-electron chi connectivity index (χ3n) is 2.94. The van der Waals surface area contributed by atoms with Crippen molar-refractivity contribution in [2.45, 2.75) is 46.3 Å². The Morgan fingerprint density at radius 3 is 2.15 bits per heavy atom. The predicted octanol–water partition coefficient (Wildman–Crippen LogP) is 3.17. The summed E-state index contributed by atoms with van der Waals surface area (Å²) in [6, 6.07) is 8.66. The average molecular weight is 279 g/mol. The smallest absolute Gasteiger partial charge is 0.0718 e. The quantitative estimate of drug-likeness (QED) is 0.704. The van der Waals surface area contributed by atoms with Gasteiger partial charge >= 0.3 is 0 Å². The van der Waals surface area contributed by atoms with E-state index in [9.17, 15) is 0 Å². The van der Waals surface area contributed by atoms with Crippen LogP contribution in [-0.2, 0) is 22.5 Å². The molecule has 1 aromatic rings. The first-order valence-electron chi connectivity index (χ1n) is 7.49. The highest BCUT2D eigenvalue weighted by atomic mass is 16.5. The molecule has 0 fully saturated rings. The molecule has 1 rings (SSSR count). The second-order valence-corrected chi connectivity index (χ2v) is 5.99. The molecule has 0 spiro atoms. The molecule has 0 unspecified atom stereocenters. The van der Waals surface area contributed by atoms with Gasteiger partial charge in [0, 0.05) is 12.1 Å². The van der Waals surface area contributed by atoms with Crippen LogP contribution in [0.1, 0.15) is 38.8 Å². The van der Waals surface area contributed by atoms with Gasteiger partial charge in [-0.15, -0.1) is 0 Å². The topological polar surface area (TPSA) is 30.5 Å². The highest BCUT2D eigenvalue weighted by Gasteiger charge is 2.07. The van der Waals surface area contributed by atoms with Crippen LogP contribution < -0.4 is 5.32 Å². The molecular weight excluding hydrogens is 250 g/mol. The Bertz CT molecular complexity index is 354. The van der Waals surface area contributed by atoms with Crippen LogP contribution in [-0.4, -0.2) is 31.9 Å². The van der Waals surface area contributed by atoms with Crippen molar-refractivity contribution in [1.82, 2.24) is 5.32 Å². The summed E-state index contributed by atoms with van der Waals surface area (Å²) in [5.74, 6) is 0. The van der Waals surface area contributed by atoms with Crippen LogP contribution in [0.15, 0.2) is 24.3 Å². The second kappa shape index (κ2) is 9.11. The molecule has 0 amide bonds. The molecule has 0 saturated carbocycles. The number of ether oxygens (including phenoxy) is 2. The van der Waals surface area contributed by atoms with Crippen molar-refractivity contribution in [3.8, 4) is 0 Å². The minimum absolute atomic E-state index is 0.189. The lowest BCUT2D eigenvalue weighted by atomic mass is 10.1. The maximum atomic E-state index is 5.55.